The van der Waals surface area contributed by atoms with Gasteiger partial charge in [-0.1, -0.05) is 12.1 Å². The summed E-state index contributed by atoms with van der Waals surface area (Å²) in [7, 11) is 0. The number of anilines is 2. The predicted octanol–water partition coefficient (Wildman–Crippen LogP) is 3.29. The molecule has 3 aromatic rings. The number of carboxylic acid groups (broad SMARTS) is 1. The first-order chi connectivity index (χ1) is 17.8. The second-order valence-electron chi connectivity index (χ2n) is 8.40. The first-order valence-electron chi connectivity index (χ1n) is 11.4. The molecule has 2 unspecified atom stereocenters. The molecule has 1 saturated heterocycles. The van der Waals surface area contributed by atoms with Crippen LogP contribution in [0.5, 0.6) is 0 Å². The summed E-state index contributed by atoms with van der Waals surface area (Å²) < 4.78 is 14.7. The molecule has 1 fully saturated rings. The number of aromatic nitrogens is 1. The SMILES string of the molecule is O=C(O)CC(NC(=O)C1CC(=O)N(c2cc(NC(=O)NCc3cccs3)ccc2F)C1)c1cccnc1. The average Bonchev–Trinajstić information content (AvgIpc) is 3.53. The lowest BCUT2D eigenvalue weighted by molar-refractivity contribution is -0.138. The van der Waals surface area contributed by atoms with Crippen LogP contribution < -0.4 is 20.9 Å². The number of halogens is 1. The van der Waals surface area contributed by atoms with Gasteiger partial charge in [0, 0.05) is 35.9 Å². The number of amides is 4. The summed E-state index contributed by atoms with van der Waals surface area (Å²) in [6.07, 6.45) is 2.46. The van der Waals surface area contributed by atoms with Gasteiger partial charge in [0.2, 0.25) is 11.8 Å². The molecule has 2 atom stereocenters. The van der Waals surface area contributed by atoms with Crippen molar-refractivity contribution in [3.63, 3.8) is 0 Å². The normalized spacial score (nSPS) is 15.8. The maximum Gasteiger partial charge on any atom is 0.319 e. The van der Waals surface area contributed by atoms with Gasteiger partial charge >= 0.3 is 12.0 Å². The van der Waals surface area contributed by atoms with Crippen molar-refractivity contribution in [2.24, 2.45) is 5.92 Å². The Labute approximate surface area is 215 Å². The monoisotopic (exact) mass is 525 g/mol. The van der Waals surface area contributed by atoms with Crippen LogP contribution in [0, 0.1) is 11.7 Å². The van der Waals surface area contributed by atoms with Gasteiger partial charge in [-0.2, -0.15) is 0 Å². The van der Waals surface area contributed by atoms with E-state index in [1.807, 2.05) is 17.5 Å². The molecule has 0 aliphatic carbocycles. The van der Waals surface area contributed by atoms with Crippen LogP contribution in [0.1, 0.15) is 29.3 Å². The molecule has 2 aromatic heterocycles. The van der Waals surface area contributed by atoms with E-state index in [-0.39, 0.29) is 30.8 Å². The molecule has 4 rings (SSSR count). The van der Waals surface area contributed by atoms with Gasteiger partial charge in [0.25, 0.3) is 0 Å². The zero-order valence-corrected chi connectivity index (χ0v) is 20.3. The highest BCUT2D eigenvalue weighted by atomic mass is 32.1. The van der Waals surface area contributed by atoms with E-state index in [9.17, 15) is 28.7 Å². The summed E-state index contributed by atoms with van der Waals surface area (Å²) in [4.78, 5) is 55.3. The second kappa shape index (κ2) is 11.6. The highest BCUT2D eigenvalue weighted by Crippen LogP contribution is 2.30. The standard InChI is InChI=1S/C25H24FN5O5S/c26-19-6-5-17(29-25(36)28-13-18-4-2-8-37-18)10-21(19)31-14-16(9-22(31)32)24(35)30-20(11-23(33)34)15-3-1-7-27-12-15/h1-8,10,12,16,20H,9,11,13-14H2,(H,30,35)(H,33,34)(H2,28,29,36). The Morgan fingerprint density at radius 1 is 1.22 bits per heavy atom. The molecule has 0 radical (unpaired) electrons. The maximum absolute atomic E-state index is 14.7. The number of hydrogen-bond donors (Lipinski definition) is 4. The van der Waals surface area contributed by atoms with Gasteiger partial charge in [-0.05, 0) is 41.3 Å². The Bertz CT molecular complexity index is 1290. The number of pyridine rings is 1. The molecule has 0 saturated carbocycles. The van der Waals surface area contributed by atoms with Gasteiger partial charge in [0.1, 0.15) is 5.82 Å². The van der Waals surface area contributed by atoms with Crippen LogP contribution in [0.15, 0.2) is 60.2 Å². The van der Waals surface area contributed by atoms with Gasteiger partial charge in [-0.15, -0.1) is 11.3 Å². The Balaban J connectivity index is 1.41. The van der Waals surface area contributed by atoms with Crippen LogP contribution in [-0.4, -0.2) is 40.5 Å². The number of hydrogen-bond acceptors (Lipinski definition) is 6. The molecule has 37 heavy (non-hydrogen) atoms. The molecule has 0 bridgehead atoms. The Morgan fingerprint density at radius 2 is 2.05 bits per heavy atom. The second-order valence-corrected chi connectivity index (χ2v) is 9.44. The van der Waals surface area contributed by atoms with Crippen molar-refractivity contribution < 1.29 is 28.7 Å². The third kappa shape index (κ3) is 6.67. The van der Waals surface area contributed by atoms with E-state index in [1.165, 1.54) is 35.9 Å². The lowest BCUT2D eigenvalue weighted by atomic mass is 10.0. The van der Waals surface area contributed by atoms with E-state index in [0.717, 1.165) is 15.8 Å². The van der Waals surface area contributed by atoms with Gasteiger partial charge in [-0.3, -0.25) is 19.4 Å². The number of carboxylic acids is 1. The number of nitrogens with zero attached hydrogens (tertiary/aromatic N) is 2. The topological polar surface area (TPSA) is 141 Å². The quantitative estimate of drug-likeness (QED) is 0.338. The number of aliphatic carboxylic acids is 1. The number of carbonyl (C=O) groups excluding carboxylic acids is 3. The van der Waals surface area contributed by atoms with Crippen molar-refractivity contribution in [1.29, 1.82) is 0 Å². The maximum atomic E-state index is 14.7. The van der Waals surface area contributed by atoms with Crippen LogP contribution in [0.2, 0.25) is 0 Å². The number of nitrogens with one attached hydrogen (secondary N) is 3. The first kappa shape index (κ1) is 25.8. The molecule has 1 aromatic carbocycles. The van der Waals surface area contributed by atoms with E-state index in [0.29, 0.717) is 12.1 Å². The van der Waals surface area contributed by atoms with Crippen molar-refractivity contribution in [2.45, 2.75) is 25.4 Å². The molecule has 1 aliphatic rings. The zero-order chi connectivity index (χ0) is 26.4. The number of rotatable bonds is 9. The van der Waals surface area contributed by atoms with Crippen LogP contribution in [0.25, 0.3) is 0 Å². The molecular formula is C25H24FN5O5S. The first-order valence-corrected chi connectivity index (χ1v) is 12.3. The summed E-state index contributed by atoms with van der Waals surface area (Å²) in [6, 6.07) is 9.55. The van der Waals surface area contributed by atoms with Gasteiger partial charge in [0.05, 0.1) is 30.6 Å². The van der Waals surface area contributed by atoms with Crippen LogP contribution >= 0.6 is 11.3 Å². The molecule has 1 aliphatic heterocycles. The smallest absolute Gasteiger partial charge is 0.319 e. The van der Waals surface area contributed by atoms with Crippen molar-refractivity contribution in [3.05, 3.63) is 76.5 Å². The van der Waals surface area contributed by atoms with Crippen LogP contribution in [0.4, 0.5) is 20.6 Å². The van der Waals surface area contributed by atoms with Crippen molar-refractivity contribution >= 4 is 46.5 Å². The fraction of sp³-hybridized carbons (Fsp3) is 0.240. The van der Waals surface area contributed by atoms with E-state index in [1.54, 1.807) is 12.1 Å². The third-order valence-electron chi connectivity index (χ3n) is 5.78. The Morgan fingerprint density at radius 3 is 2.76 bits per heavy atom. The summed E-state index contributed by atoms with van der Waals surface area (Å²) in [6.45, 7) is 0.239. The summed E-state index contributed by atoms with van der Waals surface area (Å²) in [5, 5.41) is 19.1. The van der Waals surface area contributed by atoms with Crippen molar-refractivity contribution in [3.8, 4) is 0 Å². The number of thiophene rings is 1. The number of benzene rings is 1. The number of urea groups is 1. The number of carbonyl (C=O) groups is 4. The van der Waals surface area contributed by atoms with Crippen molar-refractivity contribution in [1.82, 2.24) is 15.6 Å². The predicted molar refractivity (Wildman–Crippen MR) is 134 cm³/mol. The van der Waals surface area contributed by atoms with Crippen molar-refractivity contribution in [2.75, 3.05) is 16.8 Å². The molecule has 4 N–H and O–H groups in total. The van der Waals surface area contributed by atoms with Gasteiger partial charge in [0.15, 0.2) is 0 Å². The summed E-state index contributed by atoms with van der Waals surface area (Å²) >= 11 is 1.50. The fourth-order valence-electron chi connectivity index (χ4n) is 3.97. The minimum Gasteiger partial charge on any atom is -0.481 e. The molecule has 4 amide bonds. The molecule has 192 valence electrons. The third-order valence-corrected chi connectivity index (χ3v) is 6.65. The van der Waals surface area contributed by atoms with E-state index in [4.69, 9.17) is 0 Å². The summed E-state index contributed by atoms with van der Waals surface area (Å²) in [5.74, 6) is -3.59. The highest BCUT2D eigenvalue weighted by Gasteiger charge is 2.37. The van der Waals surface area contributed by atoms with E-state index in [2.05, 4.69) is 20.9 Å². The summed E-state index contributed by atoms with van der Waals surface area (Å²) in [5.41, 5.74) is 0.728. The molecular weight excluding hydrogens is 501 g/mol. The zero-order valence-electron chi connectivity index (χ0n) is 19.5. The van der Waals surface area contributed by atoms with Gasteiger partial charge in [-0.25, -0.2) is 9.18 Å². The van der Waals surface area contributed by atoms with E-state index < -0.39 is 41.6 Å². The minimum absolute atomic E-state index is 0.0642. The van der Waals surface area contributed by atoms with Crippen LogP contribution in [0.3, 0.4) is 0 Å². The highest BCUT2D eigenvalue weighted by molar-refractivity contribution is 7.09. The Hall–Kier alpha value is -4.32. The largest absolute Gasteiger partial charge is 0.481 e. The molecule has 10 nitrogen and oxygen atoms in total. The molecule has 12 heteroatoms. The fourth-order valence-corrected chi connectivity index (χ4v) is 4.61. The lowest BCUT2D eigenvalue weighted by Gasteiger charge is -2.21. The molecule has 3 heterocycles. The molecule has 0 spiro atoms. The minimum atomic E-state index is -1.11. The van der Waals surface area contributed by atoms with Crippen LogP contribution in [-0.2, 0) is 20.9 Å². The average molecular weight is 526 g/mol. The van der Waals surface area contributed by atoms with Gasteiger partial charge < -0.3 is 26.0 Å². The van der Waals surface area contributed by atoms with E-state index >= 15 is 0 Å². The lowest BCUT2D eigenvalue weighted by Crippen LogP contribution is -2.36. The Kier molecular flexibility index (Phi) is 8.08.